The van der Waals surface area contributed by atoms with Crippen molar-refractivity contribution in [2.75, 3.05) is 26.9 Å². The van der Waals surface area contributed by atoms with E-state index in [-0.39, 0.29) is 11.7 Å². The predicted octanol–water partition coefficient (Wildman–Crippen LogP) is 4.30. The van der Waals surface area contributed by atoms with Crippen molar-refractivity contribution in [3.8, 4) is 17.2 Å². The number of hydrogen-bond donors (Lipinski definition) is 0. The van der Waals surface area contributed by atoms with E-state index in [0.29, 0.717) is 31.1 Å². The normalized spacial score (nSPS) is 19.0. The van der Waals surface area contributed by atoms with Crippen LogP contribution in [0.2, 0.25) is 0 Å². The Morgan fingerprint density at radius 3 is 2.77 bits per heavy atom. The van der Waals surface area contributed by atoms with Gasteiger partial charge in [-0.15, -0.1) is 0 Å². The van der Waals surface area contributed by atoms with E-state index in [0.717, 1.165) is 48.3 Å². The molecule has 0 saturated carbocycles. The Morgan fingerprint density at radius 2 is 1.90 bits per heavy atom. The van der Waals surface area contributed by atoms with Crippen molar-refractivity contribution < 1.29 is 18.6 Å². The van der Waals surface area contributed by atoms with E-state index in [2.05, 4.69) is 17.0 Å². The van der Waals surface area contributed by atoms with Crippen LogP contribution < -0.4 is 19.8 Å². The van der Waals surface area contributed by atoms with E-state index in [1.54, 1.807) is 19.2 Å². The smallest absolute Gasteiger partial charge is 0.336 e. The molecule has 0 amide bonds. The van der Waals surface area contributed by atoms with E-state index in [9.17, 15) is 4.79 Å². The maximum absolute atomic E-state index is 12.2. The Kier molecular flexibility index (Phi) is 5.09. The first-order valence-electron chi connectivity index (χ1n) is 10.5. The largest absolute Gasteiger partial charge is 0.497 e. The van der Waals surface area contributed by atoms with E-state index in [4.69, 9.17) is 18.6 Å². The van der Waals surface area contributed by atoms with Gasteiger partial charge < -0.3 is 18.6 Å². The molecule has 6 heteroatoms. The molecule has 0 N–H and O–H groups in total. The zero-order valence-corrected chi connectivity index (χ0v) is 17.1. The zero-order chi connectivity index (χ0) is 20.5. The number of methoxy groups -OCH3 is 1. The van der Waals surface area contributed by atoms with Crippen molar-refractivity contribution in [3.63, 3.8) is 0 Å². The molecule has 0 bridgehead atoms. The molecule has 0 aliphatic carbocycles. The van der Waals surface area contributed by atoms with Crippen LogP contribution in [-0.4, -0.2) is 31.8 Å². The van der Waals surface area contributed by atoms with E-state index in [1.807, 2.05) is 18.2 Å². The fourth-order valence-corrected chi connectivity index (χ4v) is 4.47. The van der Waals surface area contributed by atoms with Crippen molar-refractivity contribution in [2.45, 2.75) is 31.8 Å². The van der Waals surface area contributed by atoms with Crippen LogP contribution in [0.25, 0.3) is 11.0 Å². The SMILES string of the molecule is COc1ccc2c(CN3CCC[C@H]3c3ccc4c(c3)OCCCO4)cc(=O)oc2c1. The molecule has 156 valence electrons. The van der Waals surface area contributed by atoms with Crippen molar-refractivity contribution in [1.29, 1.82) is 0 Å². The quantitative estimate of drug-likeness (QED) is 0.601. The third-order valence-corrected chi connectivity index (χ3v) is 5.93. The number of hydrogen-bond acceptors (Lipinski definition) is 6. The average molecular weight is 407 g/mol. The van der Waals surface area contributed by atoms with Gasteiger partial charge in [0.05, 0.1) is 20.3 Å². The number of ether oxygens (including phenoxy) is 3. The molecule has 0 radical (unpaired) electrons. The molecule has 1 atom stereocenters. The van der Waals surface area contributed by atoms with E-state index in [1.165, 1.54) is 5.56 Å². The van der Waals surface area contributed by atoms with Crippen LogP contribution in [0.15, 0.2) is 51.7 Å². The van der Waals surface area contributed by atoms with Gasteiger partial charge in [0.15, 0.2) is 11.5 Å². The van der Waals surface area contributed by atoms with Crippen LogP contribution in [0.4, 0.5) is 0 Å². The van der Waals surface area contributed by atoms with Gasteiger partial charge in [0.25, 0.3) is 0 Å². The summed E-state index contributed by atoms with van der Waals surface area (Å²) in [5.74, 6) is 2.32. The van der Waals surface area contributed by atoms with E-state index < -0.39 is 0 Å². The molecular weight excluding hydrogens is 382 g/mol. The number of benzene rings is 2. The Bertz CT molecular complexity index is 1120. The highest BCUT2D eigenvalue weighted by Crippen LogP contribution is 2.39. The zero-order valence-electron chi connectivity index (χ0n) is 17.1. The first-order valence-corrected chi connectivity index (χ1v) is 10.5. The minimum atomic E-state index is -0.336. The highest BCUT2D eigenvalue weighted by molar-refractivity contribution is 5.81. The maximum Gasteiger partial charge on any atom is 0.336 e. The first kappa shape index (κ1) is 19.0. The topological polar surface area (TPSA) is 61.1 Å². The second kappa shape index (κ2) is 8.03. The summed E-state index contributed by atoms with van der Waals surface area (Å²) in [5.41, 5.74) is 2.43. The summed E-state index contributed by atoms with van der Waals surface area (Å²) in [6.07, 6.45) is 3.09. The molecular formula is C24H25NO5. The fourth-order valence-electron chi connectivity index (χ4n) is 4.47. The van der Waals surface area contributed by atoms with Gasteiger partial charge in [-0.3, -0.25) is 4.90 Å². The molecule has 2 aliphatic heterocycles. The average Bonchev–Trinajstić information content (AvgIpc) is 3.08. The van der Waals surface area contributed by atoms with Crippen molar-refractivity contribution >= 4 is 11.0 Å². The number of fused-ring (bicyclic) bond motifs is 2. The molecule has 2 aliphatic rings. The lowest BCUT2D eigenvalue weighted by Crippen LogP contribution is -2.23. The molecule has 5 rings (SSSR count). The number of rotatable bonds is 4. The Labute approximate surface area is 175 Å². The van der Waals surface area contributed by atoms with Crippen LogP contribution >= 0.6 is 0 Å². The van der Waals surface area contributed by atoms with Gasteiger partial charge >= 0.3 is 5.63 Å². The molecule has 3 aromatic rings. The lowest BCUT2D eigenvalue weighted by Gasteiger charge is -2.26. The second-order valence-electron chi connectivity index (χ2n) is 7.84. The monoisotopic (exact) mass is 407 g/mol. The lowest BCUT2D eigenvalue weighted by atomic mass is 10.0. The van der Waals surface area contributed by atoms with Gasteiger partial charge in [-0.1, -0.05) is 6.07 Å². The first-order chi connectivity index (χ1) is 14.7. The standard InChI is InChI=1S/C24H25NO5/c1-27-18-6-7-19-17(13-24(26)30-22(19)14-18)15-25-9-2-4-20(25)16-5-8-21-23(12-16)29-11-3-10-28-21/h5-8,12-14,20H,2-4,9-11,15H2,1H3/t20-/m0/s1. The summed E-state index contributed by atoms with van der Waals surface area (Å²) in [4.78, 5) is 14.6. The molecule has 1 saturated heterocycles. The van der Waals surface area contributed by atoms with Crippen LogP contribution in [0.3, 0.4) is 0 Å². The highest BCUT2D eigenvalue weighted by Gasteiger charge is 2.28. The van der Waals surface area contributed by atoms with Crippen LogP contribution in [0, 0.1) is 0 Å². The molecule has 2 aromatic carbocycles. The Balaban J connectivity index is 1.45. The number of nitrogens with zero attached hydrogens (tertiary/aromatic N) is 1. The van der Waals surface area contributed by atoms with Gasteiger partial charge in [0.2, 0.25) is 0 Å². The number of likely N-dealkylation sites (tertiary alicyclic amines) is 1. The van der Waals surface area contributed by atoms with Gasteiger partial charge in [0.1, 0.15) is 11.3 Å². The molecule has 3 heterocycles. The lowest BCUT2D eigenvalue weighted by molar-refractivity contribution is 0.248. The predicted molar refractivity (Wildman–Crippen MR) is 113 cm³/mol. The molecule has 1 fully saturated rings. The molecule has 1 aromatic heterocycles. The molecule has 6 nitrogen and oxygen atoms in total. The van der Waals surface area contributed by atoms with Gasteiger partial charge in [-0.25, -0.2) is 4.79 Å². The van der Waals surface area contributed by atoms with Crippen molar-refractivity contribution in [1.82, 2.24) is 4.90 Å². The summed E-state index contributed by atoms with van der Waals surface area (Å²) >= 11 is 0. The second-order valence-corrected chi connectivity index (χ2v) is 7.84. The maximum atomic E-state index is 12.2. The molecule has 30 heavy (non-hydrogen) atoms. The van der Waals surface area contributed by atoms with Crippen LogP contribution in [-0.2, 0) is 6.54 Å². The minimum absolute atomic E-state index is 0.280. The highest BCUT2D eigenvalue weighted by atomic mass is 16.5. The summed E-state index contributed by atoms with van der Waals surface area (Å²) in [7, 11) is 1.60. The van der Waals surface area contributed by atoms with Crippen LogP contribution in [0.1, 0.15) is 36.4 Å². The third-order valence-electron chi connectivity index (χ3n) is 5.93. The van der Waals surface area contributed by atoms with Gasteiger partial charge in [-0.05, 0) is 54.8 Å². The van der Waals surface area contributed by atoms with E-state index >= 15 is 0 Å². The minimum Gasteiger partial charge on any atom is -0.497 e. The van der Waals surface area contributed by atoms with Crippen LogP contribution in [0.5, 0.6) is 17.2 Å². The summed E-state index contributed by atoms with van der Waals surface area (Å²) in [5, 5.41) is 0.944. The summed E-state index contributed by atoms with van der Waals surface area (Å²) in [6, 6.07) is 13.8. The van der Waals surface area contributed by atoms with Crippen molar-refractivity contribution in [3.05, 3.63) is 64.0 Å². The van der Waals surface area contributed by atoms with Gasteiger partial charge in [-0.2, -0.15) is 0 Å². The third kappa shape index (κ3) is 3.63. The summed E-state index contributed by atoms with van der Waals surface area (Å²) < 4.78 is 22.3. The summed E-state index contributed by atoms with van der Waals surface area (Å²) in [6.45, 7) is 3.04. The Morgan fingerprint density at radius 1 is 1.03 bits per heavy atom. The fraction of sp³-hybridized carbons (Fsp3) is 0.375. The molecule has 0 unspecified atom stereocenters. The Hall–Kier alpha value is -2.99. The van der Waals surface area contributed by atoms with Gasteiger partial charge in [0, 0.05) is 36.5 Å². The molecule has 0 spiro atoms. The van der Waals surface area contributed by atoms with Crippen molar-refractivity contribution in [2.24, 2.45) is 0 Å².